The first-order valence-electron chi connectivity index (χ1n) is 10.8. The fourth-order valence-electron chi connectivity index (χ4n) is 4.37. The van der Waals surface area contributed by atoms with Crippen molar-refractivity contribution in [1.82, 2.24) is 9.97 Å². The lowest BCUT2D eigenvalue weighted by atomic mass is 10.0. The molecule has 6 rings (SSSR count). The summed E-state index contributed by atoms with van der Waals surface area (Å²) >= 11 is 6.69. The van der Waals surface area contributed by atoms with Crippen LogP contribution in [0.1, 0.15) is 22.1 Å². The van der Waals surface area contributed by atoms with E-state index >= 15 is 0 Å². The van der Waals surface area contributed by atoms with Crippen molar-refractivity contribution in [3.8, 4) is 5.75 Å². The van der Waals surface area contributed by atoms with Crippen LogP contribution in [-0.4, -0.2) is 23.0 Å². The third kappa shape index (κ3) is 3.31. The Labute approximate surface area is 200 Å². The molecule has 0 spiro atoms. The predicted molar refractivity (Wildman–Crippen MR) is 135 cm³/mol. The van der Waals surface area contributed by atoms with E-state index in [1.807, 2.05) is 84.9 Å². The third-order valence-corrected chi connectivity index (χ3v) is 6.34. The van der Waals surface area contributed by atoms with Crippen LogP contribution in [-0.2, 0) is 0 Å². The molecule has 166 valence electrons. The van der Waals surface area contributed by atoms with Crippen LogP contribution in [0.3, 0.4) is 0 Å². The molecule has 0 aliphatic carbocycles. The van der Waals surface area contributed by atoms with Gasteiger partial charge in [-0.05, 0) is 48.5 Å². The number of pyridine rings is 2. The minimum atomic E-state index is -0.605. The fourth-order valence-corrected chi connectivity index (χ4v) is 4.62. The van der Waals surface area contributed by atoms with Gasteiger partial charge in [-0.25, -0.2) is 9.97 Å². The van der Waals surface area contributed by atoms with Gasteiger partial charge in [0.15, 0.2) is 0 Å². The standard InChI is InChI=1S/C27H19ClN4O2/c1-34-19-11-12-23-17(13-19)15-20(24(28)29-23)26-31-25-21(14-16-7-5-6-10-22(16)30-25)27(33)32(26)18-8-3-2-4-9-18/h2-15,26H,1H3,(H,30,31)/t26-/m1/s1. The highest BCUT2D eigenvalue weighted by molar-refractivity contribution is 6.31. The zero-order valence-electron chi connectivity index (χ0n) is 18.2. The zero-order chi connectivity index (χ0) is 23.2. The molecule has 5 aromatic rings. The Morgan fingerprint density at radius 2 is 1.65 bits per heavy atom. The Bertz CT molecular complexity index is 1570. The van der Waals surface area contributed by atoms with E-state index in [0.717, 1.165) is 27.5 Å². The molecule has 3 heterocycles. The van der Waals surface area contributed by atoms with Gasteiger partial charge in [-0.15, -0.1) is 0 Å². The Morgan fingerprint density at radius 3 is 2.47 bits per heavy atom. The van der Waals surface area contributed by atoms with Crippen LogP contribution < -0.4 is 15.0 Å². The van der Waals surface area contributed by atoms with Crippen molar-refractivity contribution < 1.29 is 9.53 Å². The van der Waals surface area contributed by atoms with Gasteiger partial charge in [-0.2, -0.15) is 0 Å². The van der Waals surface area contributed by atoms with Crippen molar-refractivity contribution in [2.75, 3.05) is 17.3 Å². The molecule has 0 radical (unpaired) electrons. The molecule has 0 bridgehead atoms. The number of hydrogen-bond acceptors (Lipinski definition) is 5. The normalized spacial score (nSPS) is 15.3. The zero-order valence-corrected chi connectivity index (χ0v) is 19.0. The summed E-state index contributed by atoms with van der Waals surface area (Å²) in [5, 5.41) is 5.53. The number of rotatable bonds is 3. The molecule has 1 atom stereocenters. The second-order valence-corrected chi connectivity index (χ2v) is 8.42. The van der Waals surface area contributed by atoms with E-state index in [9.17, 15) is 4.79 Å². The molecule has 0 saturated carbocycles. The summed E-state index contributed by atoms with van der Waals surface area (Å²) in [6, 6.07) is 26.7. The summed E-state index contributed by atoms with van der Waals surface area (Å²) in [6.07, 6.45) is -0.605. The monoisotopic (exact) mass is 466 g/mol. The molecule has 0 unspecified atom stereocenters. The van der Waals surface area contributed by atoms with E-state index in [-0.39, 0.29) is 5.91 Å². The summed E-state index contributed by atoms with van der Waals surface area (Å²) in [5.41, 5.74) is 3.46. The molecule has 0 saturated heterocycles. The average Bonchev–Trinajstić information content (AvgIpc) is 2.87. The molecule has 34 heavy (non-hydrogen) atoms. The number of ether oxygens (including phenoxy) is 1. The topological polar surface area (TPSA) is 67.3 Å². The molecule has 2 aromatic heterocycles. The summed E-state index contributed by atoms with van der Waals surface area (Å²) in [4.78, 5) is 24.9. The van der Waals surface area contributed by atoms with E-state index in [2.05, 4.69) is 10.3 Å². The lowest BCUT2D eigenvalue weighted by molar-refractivity contribution is 0.0974. The minimum Gasteiger partial charge on any atom is -0.497 e. The van der Waals surface area contributed by atoms with Crippen molar-refractivity contribution in [2.24, 2.45) is 0 Å². The van der Waals surface area contributed by atoms with Gasteiger partial charge < -0.3 is 10.1 Å². The quantitative estimate of drug-likeness (QED) is 0.320. The average molecular weight is 467 g/mol. The highest BCUT2D eigenvalue weighted by Crippen LogP contribution is 2.39. The number of nitrogens with zero attached hydrogens (tertiary/aromatic N) is 3. The molecule has 7 heteroatoms. The number of anilines is 2. The van der Waals surface area contributed by atoms with Crippen LogP contribution in [0.15, 0.2) is 84.9 Å². The summed E-state index contributed by atoms with van der Waals surface area (Å²) in [7, 11) is 1.62. The SMILES string of the molecule is COc1ccc2nc(Cl)c([C@@H]3Nc4nc5ccccc5cc4C(=O)N3c3ccccc3)cc2c1. The number of para-hydroxylation sites is 2. The Morgan fingerprint density at radius 1 is 0.882 bits per heavy atom. The van der Waals surface area contributed by atoms with Crippen molar-refractivity contribution in [3.63, 3.8) is 0 Å². The lowest BCUT2D eigenvalue weighted by Crippen LogP contribution is -2.43. The van der Waals surface area contributed by atoms with Crippen LogP contribution in [0.4, 0.5) is 11.5 Å². The number of halogens is 1. The fraction of sp³-hybridized carbons (Fsp3) is 0.0741. The number of methoxy groups -OCH3 is 1. The van der Waals surface area contributed by atoms with E-state index in [0.29, 0.717) is 27.8 Å². The number of benzene rings is 3. The molecular weight excluding hydrogens is 448 g/mol. The highest BCUT2D eigenvalue weighted by Gasteiger charge is 2.36. The number of amides is 1. The van der Waals surface area contributed by atoms with Crippen molar-refractivity contribution in [3.05, 3.63) is 101 Å². The molecule has 0 fully saturated rings. The van der Waals surface area contributed by atoms with Gasteiger partial charge in [-0.1, -0.05) is 48.0 Å². The Kier molecular flexibility index (Phi) is 4.81. The van der Waals surface area contributed by atoms with Gasteiger partial charge in [0.1, 0.15) is 22.9 Å². The van der Waals surface area contributed by atoms with Gasteiger partial charge >= 0.3 is 0 Å². The van der Waals surface area contributed by atoms with Crippen LogP contribution in [0.25, 0.3) is 21.8 Å². The van der Waals surface area contributed by atoms with E-state index < -0.39 is 6.17 Å². The second-order valence-electron chi connectivity index (χ2n) is 8.06. The largest absolute Gasteiger partial charge is 0.497 e. The van der Waals surface area contributed by atoms with E-state index in [1.54, 1.807) is 12.0 Å². The lowest BCUT2D eigenvalue weighted by Gasteiger charge is -2.38. The molecule has 3 aromatic carbocycles. The Balaban J connectivity index is 1.57. The minimum absolute atomic E-state index is 0.162. The molecule has 6 nitrogen and oxygen atoms in total. The molecule has 1 amide bonds. The number of carbonyl (C=O) groups is 1. The van der Waals surface area contributed by atoms with Crippen molar-refractivity contribution in [1.29, 1.82) is 0 Å². The smallest absolute Gasteiger partial charge is 0.264 e. The van der Waals surface area contributed by atoms with Gasteiger partial charge in [0.05, 0.1) is 23.7 Å². The molecule has 1 aliphatic rings. The number of fused-ring (bicyclic) bond motifs is 3. The number of hydrogen-bond donors (Lipinski definition) is 1. The predicted octanol–water partition coefficient (Wildman–Crippen LogP) is 6.22. The second kappa shape index (κ2) is 8.01. The summed E-state index contributed by atoms with van der Waals surface area (Å²) < 4.78 is 5.38. The first kappa shape index (κ1) is 20.4. The first-order valence-corrected chi connectivity index (χ1v) is 11.2. The Hall–Kier alpha value is -4.16. The van der Waals surface area contributed by atoms with Crippen LogP contribution >= 0.6 is 11.6 Å². The molecule has 1 N–H and O–H groups in total. The maximum absolute atomic E-state index is 13.9. The van der Waals surface area contributed by atoms with Crippen molar-refractivity contribution in [2.45, 2.75) is 6.17 Å². The van der Waals surface area contributed by atoms with Crippen LogP contribution in [0, 0.1) is 0 Å². The maximum atomic E-state index is 13.9. The maximum Gasteiger partial charge on any atom is 0.264 e. The number of carbonyl (C=O) groups excluding carboxylic acids is 1. The van der Waals surface area contributed by atoms with Gasteiger partial charge in [0.25, 0.3) is 5.91 Å². The highest BCUT2D eigenvalue weighted by atomic mass is 35.5. The van der Waals surface area contributed by atoms with Gasteiger partial charge in [0.2, 0.25) is 0 Å². The third-order valence-electron chi connectivity index (χ3n) is 6.04. The van der Waals surface area contributed by atoms with Gasteiger partial charge in [-0.3, -0.25) is 9.69 Å². The molecular formula is C27H19ClN4O2. The van der Waals surface area contributed by atoms with E-state index in [4.69, 9.17) is 21.3 Å². The van der Waals surface area contributed by atoms with Crippen LogP contribution in [0.2, 0.25) is 5.15 Å². The van der Waals surface area contributed by atoms with Gasteiger partial charge in [0, 0.05) is 22.0 Å². The summed E-state index contributed by atoms with van der Waals surface area (Å²) in [5.74, 6) is 1.07. The van der Waals surface area contributed by atoms with Crippen molar-refractivity contribution >= 4 is 50.8 Å². The van der Waals surface area contributed by atoms with E-state index in [1.165, 1.54) is 0 Å². The molecule has 1 aliphatic heterocycles. The van der Waals surface area contributed by atoms with Crippen LogP contribution in [0.5, 0.6) is 5.75 Å². The number of nitrogens with one attached hydrogen (secondary N) is 1. The summed E-state index contributed by atoms with van der Waals surface area (Å²) in [6.45, 7) is 0. The number of aromatic nitrogens is 2. The first-order chi connectivity index (χ1) is 16.6.